The summed E-state index contributed by atoms with van der Waals surface area (Å²) in [6, 6.07) is 16.4. The van der Waals surface area contributed by atoms with Gasteiger partial charge in [-0.3, -0.25) is 4.79 Å². The van der Waals surface area contributed by atoms with Gasteiger partial charge in [-0.1, -0.05) is 36.8 Å². The highest BCUT2D eigenvalue weighted by Gasteiger charge is 2.29. The molecule has 0 aliphatic carbocycles. The zero-order valence-electron chi connectivity index (χ0n) is 17.9. The molecule has 2 aromatic carbocycles. The summed E-state index contributed by atoms with van der Waals surface area (Å²) >= 11 is 1.35. The Labute approximate surface area is 192 Å². The normalized spacial score (nSPS) is 14.8. The first-order valence-electron chi connectivity index (χ1n) is 10.7. The van der Waals surface area contributed by atoms with Crippen LogP contribution in [-0.4, -0.2) is 38.3 Å². The third-order valence-corrected chi connectivity index (χ3v) is 8.22. The smallest absolute Gasteiger partial charge is 0.266 e. The molecule has 0 unspecified atom stereocenters. The number of nitrogens with one attached hydrogen (secondary N) is 1. The number of nitrogens with zero attached hydrogens (tertiary/aromatic N) is 1. The largest absolute Gasteiger partial charge is 0.492 e. The second-order valence-corrected chi connectivity index (χ2v) is 10.4. The van der Waals surface area contributed by atoms with Crippen molar-refractivity contribution in [3.63, 3.8) is 0 Å². The Kier molecular flexibility index (Phi) is 6.93. The molecule has 3 aromatic rings. The van der Waals surface area contributed by atoms with E-state index in [9.17, 15) is 13.2 Å². The predicted molar refractivity (Wildman–Crippen MR) is 128 cm³/mol. The molecule has 32 heavy (non-hydrogen) atoms. The predicted octanol–water partition coefficient (Wildman–Crippen LogP) is 5.24. The van der Waals surface area contributed by atoms with Gasteiger partial charge in [0.05, 0.1) is 11.5 Å². The highest BCUT2D eigenvalue weighted by atomic mass is 32.2. The van der Waals surface area contributed by atoms with Gasteiger partial charge < -0.3 is 10.1 Å². The van der Waals surface area contributed by atoms with Gasteiger partial charge in [0.25, 0.3) is 5.91 Å². The van der Waals surface area contributed by atoms with Crippen LogP contribution < -0.4 is 10.1 Å². The molecular weight excluding hydrogens is 444 g/mol. The lowest BCUT2D eigenvalue weighted by atomic mass is 10.1. The second kappa shape index (κ2) is 9.85. The molecule has 1 N–H and O–H groups in total. The summed E-state index contributed by atoms with van der Waals surface area (Å²) in [5.41, 5.74) is 2.22. The van der Waals surface area contributed by atoms with Crippen LogP contribution in [0.5, 0.6) is 5.75 Å². The minimum absolute atomic E-state index is 0.0912. The van der Waals surface area contributed by atoms with Gasteiger partial charge in [0, 0.05) is 24.3 Å². The lowest BCUT2D eigenvalue weighted by Gasteiger charge is -2.27. The number of ether oxygens (including phenoxy) is 1. The fourth-order valence-corrected chi connectivity index (χ4v) is 6.31. The van der Waals surface area contributed by atoms with Crippen molar-refractivity contribution < 1.29 is 17.9 Å². The number of hydrogen-bond donors (Lipinski definition) is 1. The van der Waals surface area contributed by atoms with Gasteiger partial charge in [-0.25, -0.2) is 8.42 Å². The summed E-state index contributed by atoms with van der Waals surface area (Å²) in [6.07, 6.45) is 2.73. The van der Waals surface area contributed by atoms with Gasteiger partial charge in [0.2, 0.25) is 10.0 Å². The molecule has 0 saturated carbocycles. The Morgan fingerprint density at radius 2 is 1.81 bits per heavy atom. The summed E-state index contributed by atoms with van der Waals surface area (Å²) < 4.78 is 33.8. The molecule has 1 aliphatic heterocycles. The zero-order chi connectivity index (χ0) is 22.6. The van der Waals surface area contributed by atoms with E-state index in [4.69, 9.17) is 4.74 Å². The van der Waals surface area contributed by atoms with Crippen molar-refractivity contribution >= 4 is 33.0 Å². The van der Waals surface area contributed by atoms with Gasteiger partial charge in [0.15, 0.2) is 0 Å². The Hall–Kier alpha value is -2.68. The minimum Gasteiger partial charge on any atom is -0.492 e. The minimum atomic E-state index is -3.72. The highest BCUT2D eigenvalue weighted by Crippen LogP contribution is 2.33. The van der Waals surface area contributed by atoms with Crippen LogP contribution in [0, 0.1) is 0 Å². The summed E-state index contributed by atoms with van der Waals surface area (Å²) in [6.45, 7) is 3.17. The van der Waals surface area contributed by atoms with Gasteiger partial charge in [-0.2, -0.15) is 4.31 Å². The first-order valence-corrected chi connectivity index (χ1v) is 13.0. The van der Waals surface area contributed by atoms with Gasteiger partial charge >= 0.3 is 0 Å². The number of carbonyl (C=O) groups is 1. The maximum Gasteiger partial charge on any atom is 0.266 e. The van der Waals surface area contributed by atoms with E-state index in [1.165, 1.54) is 21.7 Å². The van der Waals surface area contributed by atoms with Gasteiger partial charge in [-0.05, 0) is 55.0 Å². The SMILES string of the molecule is CCOc1ccc(NC(=O)c2sccc2-c2ccccc2)cc1S(=O)(=O)N1CCCCC1. The Morgan fingerprint density at radius 1 is 1.06 bits per heavy atom. The maximum atomic E-state index is 13.3. The Morgan fingerprint density at radius 3 is 2.53 bits per heavy atom. The van der Waals surface area contributed by atoms with Crippen LogP contribution in [0.4, 0.5) is 5.69 Å². The molecular formula is C24H26N2O4S2. The van der Waals surface area contributed by atoms with Crippen LogP contribution in [-0.2, 0) is 10.0 Å². The summed E-state index contributed by atoms with van der Waals surface area (Å²) in [5.74, 6) is 0.0292. The van der Waals surface area contributed by atoms with E-state index in [0.29, 0.717) is 36.0 Å². The Balaban J connectivity index is 1.64. The first kappa shape index (κ1) is 22.5. The number of thiophene rings is 1. The number of anilines is 1. The number of benzene rings is 2. The van der Waals surface area contributed by atoms with Crippen molar-refractivity contribution in [1.82, 2.24) is 4.31 Å². The lowest BCUT2D eigenvalue weighted by Crippen LogP contribution is -2.35. The molecule has 168 valence electrons. The zero-order valence-corrected chi connectivity index (χ0v) is 19.5. The molecule has 0 bridgehead atoms. The van der Waals surface area contributed by atoms with Crippen molar-refractivity contribution in [1.29, 1.82) is 0 Å². The fourth-order valence-electron chi connectivity index (χ4n) is 3.82. The van der Waals surface area contributed by atoms with Crippen LogP contribution in [0.1, 0.15) is 35.9 Å². The van der Waals surface area contributed by atoms with E-state index in [2.05, 4.69) is 5.32 Å². The molecule has 4 rings (SSSR count). The molecule has 1 aliphatic rings. The lowest BCUT2D eigenvalue weighted by molar-refractivity contribution is 0.103. The van der Waals surface area contributed by atoms with E-state index in [-0.39, 0.29) is 10.8 Å². The fraction of sp³-hybridized carbons (Fsp3) is 0.292. The average Bonchev–Trinajstić information content (AvgIpc) is 3.31. The molecule has 0 atom stereocenters. The molecule has 1 fully saturated rings. The standard InChI is InChI=1S/C24H26N2O4S2/c1-2-30-21-12-11-19(17-22(21)32(28,29)26-14-7-4-8-15-26)25-24(27)23-20(13-16-31-23)18-9-5-3-6-10-18/h3,5-6,9-13,16-17H,2,4,7-8,14-15H2,1H3,(H,25,27). The van der Waals surface area contributed by atoms with Crippen molar-refractivity contribution in [3.8, 4) is 16.9 Å². The highest BCUT2D eigenvalue weighted by molar-refractivity contribution is 7.89. The van der Waals surface area contributed by atoms with Gasteiger partial charge in [0.1, 0.15) is 10.6 Å². The third kappa shape index (κ3) is 4.72. The number of hydrogen-bond acceptors (Lipinski definition) is 5. The van der Waals surface area contributed by atoms with Crippen molar-refractivity contribution in [2.45, 2.75) is 31.1 Å². The molecule has 1 saturated heterocycles. The van der Waals surface area contributed by atoms with Crippen LogP contribution >= 0.6 is 11.3 Å². The number of piperidine rings is 1. The average molecular weight is 471 g/mol. The maximum absolute atomic E-state index is 13.3. The number of amides is 1. The molecule has 8 heteroatoms. The van der Waals surface area contributed by atoms with Crippen LogP contribution in [0.3, 0.4) is 0 Å². The van der Waals surface area contributed by atoms with Gasteiger partial charge in [-0.15, -0.1) is 11.3 Å². The summed E-state index contributed by atoms with van der Waals surface area (Å²) in [5, 5.41) is 4.75. The van der Waals surface area contributed by atoms with Crippen molar-refractivity contribution in [2.75, 3.05) is 25.0 Å². The molecule has 1 amide bonds. The number of rotatable bonds is 7. The summed E-state index contributed by atoms with van der Waals surface area (Å²) in [7, 11) is -3.72. The molecule has 6 nitrogen and oxygen atoms in total. The summed E-state index contributed by atoms with van der Waals surface area (Å²) in [4.78, 5) is 13.7. The first-order chi connectivity index (χ1) is 15.5. The van der Waals surface area contributed by atoms with E-state index in [1.807, 2.05) is 48.7 Å². The van der Waals surface area contributed by atoms with Crippen LogP contribution in [0.15, 0.2) is 64.9 Å². The van der Waals surface area contributed by atoms with Crippen LogP contribution in [0.25, 0.3) is 11.1 Å². The monoisotopic (exact) mass is 470 g/mol. The second-order valence-electron chi connectivity index (χ2n) is 7.54. The number of sulfonamides is 1. The molecule has 2 heterocycles. The quantitative estimate of drug-likeness (QED) is 0.512. The number of carbonyl (C=O) groups excluding carboxylic acids is 1. The molecule has 0 radical (unpaired) electrons. The third-order valence-electron chi connectivity index (χ3n) is 5.39. The molecule has 0 spiro atoms. The van der Waals surface area contributed by atoms with E-state index in [1.54, 1.807) is 12.1 Å². The topological polar surface area (TPSA) is 75.7 Å². The Bertz CT molecular complexity index is 1180. The van der Waals surface area contributed by atoms with E-state index in [0.717, 1.165) is 30.4 Å². The van der Waals surface area contributed by atoms with E-state index >= 15 is 0 Å². The van der Waals surface area contributed by atoms with Crippen molar-refractivity contribution in [2.24, 2.45) is 0 Å². The van der Waals surface area contributed by atoms with E-state index < -0.39 is 10.0 Å². The molecule has 1 aromatic heterocycles. The van der Waals surface area contributed by atoms with Crippen molar-refractivity contribution in [3.05, 3.63) is 64.9 Å². The van der Waals surface area contributed by atoms with Crippen LogP contribution in [0.2, 0.25) is 0 Å².